The molecule has 126 valence electrons. The number of nitrogens with one attached hydrogen (secondary N) is 1. The molecule has 7 heteroatoms. The van der Waals surface area contributed by atoms with Crippen molar-refractivity contribution in [2.45, 2.75) is 26.4 Å². The zero-order valence-electron chi connectivity index (χ0n) is 13.5. The third kappa shape index (κ3) is 3.31. The molecule has 1 atom stereocenters. The zero-order valence-corrected chi connectivity index (χ0v) is 15.1. The topological polar surface area (TPSA) is 72.9 Å². The van der Waals surface area contributed by atoms with E-state index in [0.717, 1.165) is 21.5 Å². The first-order chi connectivity index (χ1) is 11.5. The molecule has 0 bridgehead atoms. The number of hydrogen-bond acceptors (Lipinski definition) is 4. The normalized spacial score (nSPS) is 12.5. The number of halogens is 1. The molecule has 0 aliphatic rings. The fourth-order valence-electron chi connectivity index (χ4n) is 2.47. The van der Waals surface area contributed by atoms with Crippen LogP contribution in [0.4, 0.5) is 0 Å². The summed E-state index contributed by atoms with van der Waals surface area (Å²) in [5.74, 6) is -0.0992. The minimum absolute atomic E-state index is 0.0524. The molecule has 2 aromatic heterocycles. The van der Waals surface area contributed by atoms with E-state index in [0.29, 0.717) is 23.0 Å². The maximum Gasteiger partial charge on any atom is 0.261 e. The number of amides is 1. The lowest BCUT2D eigenvalue weighted by Crippen LogP contribution is -2.37. The largest absolute Gasteiger partial charge is 0.348 e. The Bertz CT molecular complexity index is 886. The minimum atomic E-state index is -0.0992. The maximum atomic E-state index is 12.3. The van der Waals surface area contributed by atoms with Gasteiger partial charge >= 0.3 is 0 Å². The molecular formula is C17H19ClN4OS. The Morgan fingerprint density at radius 3 is 2.92 bits per heavy atom. The molecule has 3 aromatic rings. The van der Waals surface area contributed by atoms with E-state index in [1.54, 1.807) is 0 Å². The lowest BCUT2D eigenvalue weighted by atomic mass is 10.2. The third-order valence-corrected chi connectivity index (χ3v) is 5.36. The average molecular weight is 363 g/mol. The second-order valence-corrected chi connectivity index (χ2v) is 7.21. The zero-order chi connectivity index (χ0) is 17.3. The quantitative estimate of drug-likeness (QED) is 0.732. The van der Waals surface area contributed by atoms with Crippen LogP contribution in [0.25, 0.3) is 10.2 Å². The van der Waals surface area contributed by atoms with Crippen molar-refractivity contribution in [3.8, 4) is 0 Å². The highest BCUT2D eigenvalue weighted by Crippen LogP contribution is 2.29. The summed E-state index contributed by atoms with van der Waals surface area (Å²) in [6.45, 7) is 4.82. The summed E-state index contributed by atoms with van der Waals surface area (Å²) in [5.41, 5.74) is 7.47. The first kappa shape index (κ1) is 17.0. The molecule has 0 unspecified atom stereocenters. The fraction of sp³-hybridized carbons (Fsp3) is 0.294. The molecule has 1 amide bonds. The van der Waals surface area contributed by atoms with Crippen LogP contribution in [0.2, 0.25) is 5.02 Å². The highest BCUT2D eigenvalue weighted by molar-refractivity contribution is 7.20. The van der Waals surface area contributed by atoms with Crippen LogP contribution in [-0.4, -0.2) is 28.3 Å². The molecule has 0 spiro atoms. The van der Waals surface area contributed by atoms with Crippen LogP contribution in [0.5, 0.6) is 0 Å². The Morgan fingerprint density at radius 2 is 2.21 bits per heavy atom. The lowest BCUT2D eigenvalue weighted by molar-refractivity contribution is 0.0945. The van der Waals surface area contributed by atoms with Gasteiger partial charge in [-0.2, -0.15) is 5.10 Å². The van der Waals surface area contributed by atoms with Gasteiger partial charge in [-0.05, 0) is 31.5 Å². The SMILES string of the molecule is Cc1nn(Cc2ccccc2Cl)c2sc(C(=O)N[C@@H](C)CN)cc12. The smallest absolute Gasteiger partial charge is 0.261 e. The van der Waals surface area contributed by atoms with E-state index in [4.69, 9.17) is 17.3 Å². The molecule has 1 aromatic carbocycles. The Labute approximate surface area is 149 Å². The molecule has 0 fully saturated rings. The Morgan fingerprint density at radius 1 is 1.46 bits per heavy atom. The Hall–Kier alpha value is -1.89. The summed E-state index contributed by atoms with van der Waals surface area (Å²) in [4.78, 5) is 13.9. The van der Waals surface area contributed by atoms with Gasteiger partial charge in [0.2, 0.25) is 0 Å². The fourth-order valence-corrected chi connectivity index (χ4v) is 3.73. The van der Waals surface area contributed by atoms with Crippen molar-refractivity contribution < 1.29 is 4.79 Å². The number of carbonyl (C=O) groups is 1. The number of aromatic nitrogens is 2. The summed E-state index contributed by atoms with van der Waals surface area (Å²) in [5, 5.41) is 9.18. The monoisotopic (exact) mass is 362 g/mol. The molecule has 3 N–H and O–H groups in total. The molecule has 0 aliphatic heterocycles. The van der Waals surface area contributed by atoms with Crippen LogP contribution in [0.3, 0.4) is 0 Å². The van der Waals surface area contributed by atoms with E-state index < -0.39 is 0 Å². The molecule has 0 saturated carbocycles. The molecule has 0 saturated heterocycles. The summed E-state index contributed by atoms with van der Waals surface area (Å²) >= 11 is 7.68. The van der Waals surface area contributed by atoms with Gasteiger partial charge in [-0.1, -0.05) is 29.8 Å². The van der Waals surface area contributed by atoms with Crippen molar-refractivity contribution in [2.24, 2.45) is 5.73 Å². The molecule has 0 aliphatic carbocycles. The van der Waals surface area contributed by atoms with Gasteiger partial charge in [0.25, 0.3) is 5.91 Å². The van der Waals surface area contributed by atoms with Crippen LogP contribution >= 0.6 is 22.9 Å². The summed E-state index contributed by atoms with van der Waals surface area (Å²) in [6.07, 6.45) is 0. The highest BCUT2D eigenvalue weighted by Gasteiger charge is 2.17. The van der Waals surface area contributed by atoms with Crippen LogP contribution in [0, 0.1) is 6.92 Å². The van der Waals surface area contributed by atoms with E-state index in [1.807, 2.05) is 48.9 Å². The van der Waals surface area contributed by atoms with E-state index in [1.165, 1.54) is 11.3 Å². The van der Waals surface area contributed by atoms with E-state index in [-0.39, 0.29) is 11.9 Å². The lowest BCUT2D eigenvalue weighted by Gasteiger charge is -2.09. The van der Waals surface area contributed by atoms with Crippen LogP contribution < -0.4 is 11.1 Å². The summed E-state index contributed by atoms with van der Waals surface area (Å²) in [7, 11) is 0. The second kappa shape index (κ2) is 6.93. The van der Waals surface area contributed by atoms with Gasteiger partial charge in [0.05, 0.1) is 17.1 Å². The summed E-state index contributed by atoms with van der Waals surface area (Å²) in [6, 6.07) is 9.55. The van der Waals surface area contributed by atoms with Crippen molar-refractivity contribution in [1.82, 2.24) is 15.1 Å². The van der Waals surface area contributed by atoms with Crippen molar-refractivity contribution in [3.05, 3.63) is 51.5 Å². The molecule has 3 rings (SSSR count). The number of nitrogens with two attached hydrogens (primary N) is 1. The molecule has 5 nitrogen and oxygen atoms in total. The van der Waals surface area contributed by atoms with Gasteiger partial charge in [0.15, 0.2) is 0 Å². The van der Waals surface area contributed by atoms with Crippen molar-refractivity contribution >= 4 is 39.1 Å². The Balaban J connectivity index is 1.93. The standard InChI is InChI=1S/C17H19ClN4OS/c1-10(8-19)20-16(23)15-7-13-11(2)21-22(17(13)24-15)9-12-5-3-4-6-14(12)18/h3-7,10H,8-9,19H2,1-2H3,(H,20,23)/t10-/m0/s1. The number of rotatable bonds is 5. The number of carbonyl (C=O) groups excluding carboxylic acids is 1. The molecule has 24 heavy (non-hydrogen) atoms. The predicted octanol–water partition coefficient (Wildman–Crippen LogP) is 3.18. The van der Waals surface area contributed by atoms with E-state index in [9.17, 15) is 4.79 Å². The first-order valence-electron chi connectivity index (χ1n) is 7.71. The van der Waals surface area contributed by atoms with Gasteiger partial charge in [-0.15, -0.1) is 11.3 Å². The number of fused-ring (bicyclic) bond motifs is 1. The number of aryl methyl sites for hydroxylation is 1. The van der Waals surface area contributed by atoms with Crippen LogP contribution in [-0.2, 0) is 6.54 Å². The van der Waals surface area contributed by atoms with Crippen molar-refractivity contribution in [3.63, 3.8) is 0 Å². The number of thiophene rings is 1. The van der Waals surface area contributed by atoms with Crippen LogP contribution in [0.1, 0.15) is 27.9 Å². The van der Waals surface area contributed by atoms with Crippen molar-refractivity contribution in [2.75, 3.05) is 6.54 Å². The molecule has 2 heterocycles. The van der Waals surface area contributed by atoms with Crippen LogP contribution in [0.15, 0.2) is 30.3 Å². The van der Waals surface area contributed by atoms with Gasteiger partial charge < -0.3 is 11.1 Å². The minimum Gasteiger partial charge on any atom is -0.348 e. The molecule has 0 radical (unpaired) electrons. The van der Waals surface area contributed by atoms with E-state index >= 15 is 0 Å². The van der Waals surface area contributed by atoms with Crippen molar-refractivity contribution in [1.29, 1.82) is 0 Å². The first-order valence-corrected chi connectivity index (χ1v) is 8.90. The third-order valence-electron chi connectivity index (χ3n) is 3.84. The van der Waals surface area contributed by atoms with Gasteiger partial charge in [-0.3, -0.25) is 9.48 Å². The molecular weight excluding hydrogens is 344 g/mol. The highest BCUT2D eigenvalue weighted by atomic mass is 35.5. The second-order valence-electron chi connectivity index (χ2n) is 5.77. The predicted molar refractivity (Wildman–Crippen MR) is 98.9 cm³/mol. The Kier molecular flexibility index (Phi) is 4.89. The average Bonchev–Trinajstić information content (AvgIpc) is 3.11. The van der Waals surface area contributed by atoms with E-state index in [2.05, 4.69) is 10.4 Å². The van der Waals surface area contributed by atoms with Gasteiger partial charge in [-0.25, -0.2) is 0 Å². The van der Waals surface area contributed by atoms with Gasteiger partial charge in [0, 0.05) is 23.0 Å². The number of hydrogen-bond donors (Lipinski definition) is 2. The number of benzene rings is 1. The van der Waals surface area contributed by atoms with Gasteiger partial charge in [0.1, 0.15) is 4.83 Å². The number of nitrogens with zero attached hydrogens (tertiary/aromatic N) is 2. The summed E-state index contributed by atoms with van der Waals surface area (Å²) < 4.78 is 1.90. The maximum absolute atomic E-state index is 12.3.